The molecule has 2 N–H and O–H groups in total. The molecule has 2 amide bonds. The van der Waals surface area contributed by atoms with Crippen LogP contribution in [0.1, 0.15) is 44.7 Å². The van der Waals surface area contributed by atoms with Gasteiger partial charge in [0.05, 0.1) is 4.90 Å². The van der Waals surface area contributed by atoms with Gasteiger partial charge in [0, 0.05) is 37.6 Å². The van der Waals surface area contributed by atoms with Crippen LogP contribution in [0, 0.1) is 6.92 Å². The molecule has 0 spiro atoms. The van der Waals surface area contributed by atoms with Gasteiger partial charge in [-0.15, -0.1) is 0 Å². The number of hydrazine groups is 1. The number of ketones is 1. The van der Waals surface area contributed by atoms with Crippen LogP contribution in [0.15, 0.2) is 83.8 Å². The van der Waals surface area contributed by atoms with Gasteiger partial charge in [0.2, 0.25) is 15.9 Å². The summed E-state index contributed by atoms with van der Waals surface area (Å²) in [6.07, 6.45) is -0.0336. The number of sulfonamides is 1. The Morgan fingerprint density at radius 3 is 2.03 bits per heavy atom. The van der Waals surface area contributed by atoms with Crippen molar-refractivity contribution in [2.75, 3.05) is 7.05 Å². The predicted octanol–water partition coefficient (Wildman–Crippen LogP) is 3.24. The fraction of sp³-hybridized carbons (Fsp3) is 0.192. The minimum atomic E-state index is -3.65. The first-order valence-electron chi connectivity index (χ1n) is 11.0. The fourth-order valence-electron chi connectivity index (χ4n) is 3.25. The van der Waals surface area contributed by atoms with Crippen molar-refractivity contribution in [2.24, 2.45) is 0 Å². The number of carbonyl (C=O) groups excluding carboxylic acids is 3. The standard InChI is InChI=1S/C26H27N3O5S/c1-19-8-14-23(15-9-19)35(33,34)29(2)18-20-10-12-22(13-11-20)26(32)28-27-25(31)17-16-24(30)21-6-4-3-5-7-21/h3-15H,16-18H2,1-2H3,(H,27,31)(H,28,32). The maximum atomic E-state index is 12.7. The van der Waals surface area contributed by atoms with Crippen molar-refractivity contribution in [2.45, 2.75) is 31.2 Å². The minimum Gasteiger partial charge on any atom is -0.294 e. The van der Waals surface area contributed by atoms with Crippen molar-refractivity contribution in [3.63, 3.8) is 0 Å². The van der Waals surface area contributed by atoms with Crippen molar-refractivity contribution in [1.82, 2.24) is 15.2 Å². The molecule has 0 aliphatic heterocycles. The number of aryl methyl sites for hydroxylation is 1. The van der Waals surface area contributed by atoms with Crippen molar-refractivity contribution in [3.8, 4) is 0 Å². The van der Waals surface area contributed by atoms with Crippen LogP contribution in [-0.2, 0) is 21.4 Å². The molecule has 3 aromatic rings. The number of Topliss-reactive ketones (excluding diaryl/α,β-unsaturated/α-hetero) is 1. The Morgan fingerprint density at radius 1 is 0.771 bits per heavy atom. The van der Waals surface area contributed by atoms with Gasteiger partial charge in [0.15, 0.2) is 5.78 Å². The molecule has 0 heterocycles. The van der Waals surface area contributed by atoms with E-state index in [1.807, 2.05) is 6.92 Å². The molecule has 0 atom stereocenters. The molecule has 3 aromatic carbocycles. The van der Waals surface area contributed by atoms with Crippen LogP contribution in [-0.4, -0.2) is 37.4 Å². The van der Waals surface area contributed by atoms with E-state index in [9.17, 15) is 22.8 Å². The molecule has 0 saturated carbocycles. The number of nitrogens with zero attached hydrogens (tertiary/aromatic N) is 1. The maximum Gasteiger partial charge on any atom is 0.269 e. The Morgan fingerprint density at radius 2 is 1.40 bits per heavy atom. The van der Waals surface area contributed by atoms with E-state index < -0.39 is 21.8 Å². The Bertz CT molecular complexity index is 1290. The molecular formula is C26H27N3O5S. The zero-order valence-electron chi connectivity index (χ0n) is 19.5. The Balaban J connectivity index is 1.49. The number of rotatable bonds is 9. The highest BCUT2D eigenvalue weighted by molar-refractivity contribution is 7.89. The third-order valence-electron chi connectivity index (χ3n) is 5.34. The summed E-state index contributed by atoms with van der Waals surface area (Å²) in [5.41, 5.74) is 7.10. The number of hydrogen-bond acceptors (Lipinski definition) is 5. The quantitative estimate of drug-likeness (QED) is 0.351. The lowest BCUT2D eigenvalue weighted by atomic mass is 10.1. The average Bonchev–Trinajstić information content (AvgIpc) is 2.87. The highest BCUT2D eigenvalue weighted by Gasteiger charge is 2.21. The molecule has 0 aromatic heterocycles. The minimum absolute atomic E-state index is 0.0272. The third-order valence-corrected chi connectivity index (χ3v) is 7.16. The van der Waals surface area contributed by atoms with Gasteiger partial charge in [-0.2, -0.15) is 4.31 Å². The van der Waals surface area contributed by atoms with E-state index in [4.69, 9.17) is 0 Å². The Hall–Kier alpha value is -3.82. The first-order chi connectivity index (χ1) is 16.7. The molecule has 9 heteroatoms. The molecular weight excluding hydrogens is 466 g/mol. The van der Waals surface area contributed by atoms with Crippen LogP contribution in [0.4, 0.5) is 0 Å². The SMILES string of the molecule is Cc1ccc(S(=O)(=O)N(C)Cc2ccc(C(=O)NNC(=O)CCC(=O)c3ccccc3)cc2)cc1. The van der Waals surface area contributed by atoms with E-state index in [-0.39, 0.29) is 30.1 Å². The second-order valence-electron chi connectivity index (χ2n) is 8.06. The van der Waals surface area contributed by atoms with Gasteiger partial charge >= 0.3 is 0 Å². The largest absolute Gasteiger partial charge is 0.294 e. The van der Waals surface area contributed by atoms with Crippen molar-refractivity contribution < 1.29 is 22.8 Å². The van der Waals surface area contributed by atoms with Crippen LogP contribution < -0.4 is 10.9 Å². The number of hydrogen-bond donors (Lipinski definition) is 2. The summed E-state index contributed by atoms with van der Waals surface area (Å²) in [5, 5.41) is 0. The van der Waals surface area contributed by atoms with Gasteiger partial charge in [-0.3, -0.25) is 25.2 Å². The maximum absolute atomic E-state index is 12.7. The lowest BCUT2D eigenvalue weighted by Gasteiger charge is -2.17. The van der Waals surface area contributed by atoms with Gasteiger partial charge in [-0.25, -0.2) is 8.42 Å². The number of carbonyl (C=O) groups is 3. The van der Waals surface area contributed by atoms with Gasteiger partial charge in [0.1, 0.15) is 0 Å². The summed E-state index contributed by atoms with van der Waals surface area (Å²) < 4.78 is 26.7. The molecule has 3 rings (SSSR count). The third kappa shape index (κ3) is 7.08. The second kappa shape index (κ2) is 11.5. The summed E-state index contributed by atoms with van der Waals surface area (Å²) >= 11 is 0. The van der Waals surface area contributed by atoms with Crippen LogP contribution in [0.3, 0.4) is 0 Å². The van der Waals surface area contributed by atoms with Crippen molar-refractivity contribution in [1.29, 1.82) is 0 Å². The molecule has 0 fully saturated rings. The summed E-state index contributed by atoms with van der Waals surface area (Å²) in [5.74, 6) is -1.17. The van der Waals surface area contributed by atoms with E-state index in [0.29, 0.717) is 16.7 Å². The lowest BCUT2D eigenvalue weighted by molar-refractivity contribution is -0.121. The molecule has 0 aliphatic carbocycles. The van der Waals surface area contributed by atoms with Crippen LogP contribution in [0.25, 0.3) is 0 Å². The summed E-state index contributed by atoms with van der Waals surface area (Å²) in [6.45, 7) is 2.01. The topological polar surface area (TPSA) is 113 Å². The average molecular weight is 494 g/mol. The fourth-order valence-corrected chi connectivity index (χ4v) is 4.41. The summed E-state index contributed by atoms with van der Waals surface area (Å²) in [4.78, 5) is 36.6. The molecule has 0 bridgehead atoms. The van der Waals surface area contributed by atoms with E-state index >= 15 is 0 Å². The van der Waals surface area contributed by atoms with Gasteiger partial charge in [-0.1, -0.05) is 60.2 Å². The van der Waals surface area contributed by atoms with E-state index in [1.54, 1.807) is 78.9 Å². The van der Waals surface area contributed by atoms with Crippen LogP contribution >= 0.6 is 0 Å². The zero-order chi connectivity index (χ0) is 25.4. The molecule has 0 unspecified atom stereocenters. The van der Waals surface area contributed by atoms with Gasteiger partial charge < -0.3 is 0 Å². The number of nitrogens with one attached hydrogen (secondary N) is 2. The monoisotopic (exact) mass is 493 g/mol. The molecule has 0 aliphatic rings. The first kappa shape index (κ1) is 25.8. The smallest absolute Gasteiger partial charge is 0.269 e. The number of amides is 2. The van der Waals surface area contributed by atoms with E-state index in [2.05, 4.69) is 10.9 Å². The van der Waals surface area contributed by atoms with Crippen LogP contribution in [0.2, 0.25) is 0 Å². The normalized spacial score (nSPS) is 11.2. The van der Waals surface area contributed by atoms with Crippen molar-refractivity contribution in [3.05, 3.63) is 101 Å². The zero-order valence-corrected chi connectivity index (χ0v) is 20.3. The van der Waals surface area contributed by atoms with Crippen LogP contribution in [0.5, 0.6) is 0 Å². The molecule has 0 radical (unpaired) electrons. The number of benzene rings is 3. The predicted molar refractivity (Wildman–Crippen MR) is 132 cm³/mol. The molecule has 8 nitrogen and oxygen atoms in total. The molecule has 0 saturated heterocycles. The summed E-state index contributed by atoms with van der Waals surface area (Å²) in [6, 6.07) is 21.7. The van der Waals surface area contributed by atoms with E-state index in [0.717, 1.165) is 5.56 Å². The highest BCUT2D eigenvalue weighted by atomic mass is 32.2. The lowest BCUT2D eigenvalue weighted by Crippen LogP contribution is -2.41. The Kier molecular flexibility index (Phi) is 8.51. The van der Waals surface area contributed by atoms with Crippen molar-refractivity contribution >= 4 is 27.6 Å². The second-order valence-corrected chi connectivity index (χ2v) is 10.1. The van der Waals surface area contributed by atoms with E-state index in [1.165, 1.54) is 11.4 Å². The Labute approximate surface area is 205 Å². The summed E-state index contributed by atoms with van der Waals surface area (Å²) in [7, 11) is -2.15. The van der Waals surface area contributed by atoms with Gasteiger partial charge in [-0.05, 0) is 36.8 Å². The van der Waals surface area contributed by atoms with Gasteiger partial charge in [0.25, 0.3) is 5.91 Å². The first-order valence-corrected chi connectivity index (χ1v) is 12.4. The highest BCUT2D eigenvalue weighted by Crippen LogP contribution is 2.17. The molecule has 35 heavy (non-hydrogen) atoms. The molecule has 182 valence electrons.